The summed E-state index contributed by atoms with van der Waals surface area (Å²) in [6.45, 7) is 8.26. The zero-order valence-electron chi connectivity index (χ0n) is 18.0. The molecular formula is C21H35IN6. The van der Waals surface area contributed by atoms with Crippen LogP contribution in [0, 0.1) is 13.8 Å². The van der Waals surface area contributed by atoms with Crippen LogP contribution in [-0.2, 0) is 13.5 Å². The predicted molar refractivity (Wildman–Crippen MR) is 130 cm³/mol. The van der Waals surface area contributed by atoms with Crippen molar-refractivity contribution in [2.75, 3.05) is 32.1 Å². The van der Waals surface area contributed by atoms with Crippen LogP contribution in [0.4, 0.5) is 5.69 Å². The number of halogens is 1. The lowest BCUT2D eigenvalue weighted by Gasteiger charge is -2.21. The van der Waals surface area contributed by atoms with Gasteiger partial charge in [0.25, 0.3) is 0 Å². The molecule has 0 saturated carbocycles. The van der Waals surface area contributed by atoms with Crippen LogP contribution in [-0.4, -0.2) is 49.0 Å². The third kappa shape index (κ3) is 7.00. The normalized spacial score (nSPS) is 12.3. The monoisotopic (exact) mass is 498 g/mol. The van der Waals surface area contributed by atoms with Gasteiger partial charge in [0.1, 0.15) is 0 Å². The lowest BCUT2D eigenvalue weighted by Crippen LogP contribution is -2.43. The third-order valence-electron chi connectivity index (χ3n) is 4.94. The van der Waals surface area contributed by atoms with Gasteiger partial charge in [0.15, 0.2) is 5.96 Å². The fourth-order valence-corrected chi connectivity index (χ4v) is 3.23. The molecule has 0 aliphatic carbocycles. The van der Waals surface area contributed by atoms with Gasteiger partial charge in [-0.25, -0.2) is 0 Å². The summed E-state index contributed by atoms with van der Waals surface area (Å²) in [5, 5.41) is 11.4. The lowest BCUT2D eigenvalue weighted by atomic mass is 10.1. The molecule has 0 aliphatic rings. The second-order valence-electron chi connectivity index (χ2n) is 7.13. The lowest BCUT2D eigenvalue weighted by molar-refractivity contribution is 0.630. The number of aryl methyl sites for hydroxylation is 2. The van der Waals surface area contributed by atoms with E-state index in [1.807, 2.05) is 24.8 Å². The summed E-state index contributed by atoms with van der Waals surface area (Å²) in [5.74, 6) is 0.851. The Morgan fingerprint density at radius 3 is 2.50 bits per heavy atom. The molecular weight excluding hydrogens is 463 g/mol. The van der Waals surface area contributed by atoms with Crippen LogP contribution in [0.2, 0.25) is 0 Å². The van der Waals surface area contributed by atoms with Crippen molar-refractivity contribution in [1.29, 1.82) is 0 Å². The van der Waals surface area contributed by atoms with E-state index < -0.39 is 0 Å². The molecule has 0 bridgehead atoms. The van der Waals surface area contributed by atoms with Gasteiger partial charge in [-0.2, -0.15) is 5.10 Å². The van der Waals surface area contributed by atoms with Crippen molar-refractivity contribution in [1.82, 2.24) is 20.4 Å². The van der Waals surface area contributed by atoms with Crippen molar-refractivity contribution in [3.8, 4) is 0 Å². The maximum atomic E-state index is 4.50. The minimum atomic E-state index is 0. The summed E-state index contributed by atoms with van der Waals surface area (Å²) in [6.07, 6.45) is 1.98. The standard InChI is InChI=1S/C21H34N6.HI/c1-16(15-20-17(2)25-27(6)18(20)3)24-21(22-4)23-13-10-14-26(5)19-11-8-7-9-12-19;/h7-9,11-12,16H,10,13-15H2,1-6H3,(H2,22,23,24);1H. The topological polar surface area (TPSA) is 57.5 Å². The van der Waals surface area contributed by atoms with Crippen LogP contribution >= 0.6 is 24.0 Å². The molecule has 7 heteroatoms. The average molecular weight is 498 g/mol. The Bertz CT molecular complexity index is 741. The molecule has 6 nitrogen and oxygen atoms in total. The Hall–Kier alpha value is -1.77. The number of benzene rings is 1. The minimum Gasteiger partial charge on any atom is -0.375 e. The van der Waals surface area contributed by atoms with E-state index in [0.29, 0.717) is 0 Å². The molecule has 0 amide bonds. The molecule has 0 aliphatic heterocycles. The van der Waals surface area contributed by atoms with Gasteiger partial charge in [0.05, 0.1) is 5.69 Å². The van der Waals surface area contributed by atoms with Gasteiger partial charge in [-0.05, 0) is 51.3 Å². The van der Waals surface area contributed by atoms with E-state index in [2.05, 4.69) is 77.7 Å². The quantitative estimate of drug-likeness (QED) is 0.254. The van der Waals surface area contributed by atoms with Crippen LogP contribution in [0.5, 0.6) is 0 Å². The molecule has 1 aromatic carbocycles. The van der Waals surface area contributed by atoms with Gasteiger partial charge in [-0.3, -0.25) is 9.67 Å². The summed E-state index contributed by atoms with van der Waals surface area (Å²) in [5.41, 5.74) is 4.90. The molecule has 2 rings (SSSR count). The number of hydrogen-bond donors (Lipinski definition) is 2. The summed E-state index contributed by atoms with van der Waals surface area (Å²) in [6, 6.07) is 10.7. The molecule has 156 valence electrons. The Balaban J connectivity index is 0.00000392. The number of anilines is 1. The predicted octanol–water partition coefficient (Wildman–Crippen LogP) is 3.28. The van der Waals surface area contributed by atoms with E-state index in [1.165, 1.54) is 16.9 Å². The number of nitrogens with zero attached hydrogens (tertiary/aromatic N) is 4. The molecule has 0 fully saturated rings. The van der Waals surface area contributed by atoms with Gasteiger partial charge >= 0.3 is 0 Å². The first-order valence-electron chi connectivity index (χ1n) is 9.64. The third-order valence-corrected chi connectivity index (χ3v) is 4.94. The van der Waals surface area contributed by atoms with E-state index in [-0.39, 0.29) is 30.0 Å². The number of aromatic nitrogens is 2. The molecule has 0 saturated heterocycles. The molecule has 28 heavy (non-hydrogen) atoms. The maximum Gasteiger partial charge on any atom is 0.191 e. The Labute approximate surface area is 186 Å². The molecule has 1 heterocycles. The molecule has 0 radical (unpaired) electrons. The summed E-state index contributed by atoms with van der Waals surface area (Å²) < 4.78 is 1.95. The molecule has 2 aromatic rings. The van der Waals surface area contributed by atoms with Crippen molar-refractivity contribution in [2.45, 2.75) is 39.7 Å². The van der Waals surface area contributed by atoms with E-state index in [4.69, 9.17) is 0 Å². The van der Waals surface area contributed by atoms with Gasteiger partial charge in [0.2, 0.25) is 0 Å². The van der Waals surface area contributed by atoms with E-state index in [0.717, 1.165) is 37.6 Å². The van der Waals surface area contributed by atoms with Crippen LogP contribution in [0.1, 0.15) is 30.3 Å². The highest BCUT2D eigenvalue weighted by Gasteiger charge is 2.13. The highest BCUT2D eigenvalue weighted by atomic mass is 127. The molecule has 1 aromatic heterocycles. The molecule has 2 N–H and O–H groups in total. The molecule has 1 atom stereocenters. The van der Waals surface area contributed by atoms with E-state index in [9.17, 15) is 0 Å². The van der Waals surface area contributed by atoms with Crippen LogP contribution < -0.4 is 15.5 Å². The first kappa shape index (κ1) is 24.3. The van der Waals surface area contributed by atoms with Crippen molar-refractivity contribution in [3.05, 3.63) is 47.3 Å². The number of rotatable bonds is 8. The zero-order chi connectivity index (χ0) is 19.8. The van der Waals surface area contributed by atoms with Crippen LogP contribution in [0.15, 0.2) is 35.3 Å². The number of hydrogen-bond acceptors (Lipinski definition) is 3. The first-order valence-corrected chi connectivity index (χ1v) is 9.64. The Morgan fingerprint density at radius 2 is 1.93 bits per heavy atom. The van der Waals surface area contributed by atoms with Gasteiger partial charge < -0.3 is 15.5 Å². The number of guanidine groups is 1. The van der Waals surface area contributed by atoms with Gasteiger partial charge in [-0.1, -0.05) is 18.2 Å². The van der Waals surface area contributed by atoms with Crippen molar-refractivity contribution in [2.24, 2.45) is 12.0 Å². The minimum absolute atomic E-state index is 0. The Morgan fingerprint density at radius 1 is 1.25 bits per heavy atom. The fraction of sp³-hybridized carbons (Fsp3) is 0.524. The highest BCUT2D eigenvalue weighted by molar-refractivity contribution is 14.0. The van der Waals surface area contributed by atoms with Crippen LogP contribution in [0.3, 0.4) is 0 Å². The SMILES string of the molecule is CN=C(NCCCN(C)c1ccccc1)NC(C)Cc1c(C)nn(C)c1C.I. The van der Waals surface area contributed by atoms with Crippen molar-refractivity contribution < 1.29 is 0 Å². The van der Waals surface area contributed by atoms with E-state index in [1.54, 1.807) is 0 Å². The largest absolute Gasteiger partial charge is 0.375 e. The van der Waals surface area contributed by atoms with Crippen LogP contribution in [0.25, 0.3) is 0 Å². The summed E-state index contributed by atoms with van der Waals surface area (Å²) in [7, 11) is 5.94. The number of aliphatic imine (C=N–C) groups is 1. The average Bonchev–Trinajstić information content (AvgIpc) is 2.90. The van der Waals surface area contributed by atoms with Crippen molar-refractivity contribution >= 4 is 35.6 Å². The molecule has 0 spiro atoms. The number of para-hydroxylation sites is 1. The summed E-state index contributed by atoms with van der Waals surface area (Å²) in [4.78, 5) is 6.63. The fourth-order valence-electron chi connectivity index (χ4n) is 3.23. The van der Waals surface area contributed by atoms with E-state index >= 15 is 0 Å². The first-order chi connectivity index (χ1) is 12.9. The maximum absolute atomic E-state index is 4.50. The smallest absolute Gasteiger partial charge is 0.191 e. The Kier molecular flexibility index (Phi) is 10.3. The van der Waals surface area contributed by atoms with Gasteiger partial charge in [-0.15, -0.1) is 24.0 Å². The highest BCUT2D eigenvalue weighted by Crippen LogP contribution is 2.14. The second-order valence-corrected chi connectivity index (χ2v) is 7.13. The second kappa shape index (κ2) is 11.9. The summed E-state index contributed by atoms with van der Waals surface area (Å²) >= 11 is 0. The molecule has 1 unspecified atom stereocenters. The van der Waals surface area contributed by atoms with Crippen molar-refractivity contribution in [3.63, 3.8) is 0 Å². The zero-order valence-corrected chi connectivity index (χ0v) is 20.3. The van der Waals surface area contributed by atoms with Gasteiger partial charge in [0, 0.05) is 51.7 Å². The number of nitrogens with one attached hydrogen (secondary N) is 2.